The normalized spacial score (nSPS) is 11.4. The van der Waals surface area contributed by atoms with Gasteiger partial charge in [0.1, 0.15) is 5.82 Å². The van der Waals surface area contributed by atoms with Crippen molar-refractivity contribution in [3.05, 3.63) is 57.3 Å². The highest BCUT2D eigenvalue weighted by Crippen LogP contribution is 2.27. The van der Waals surface area contributed by atoms with E-state index in [1.165, 1.54) is 6.07 Å². The summed E-state index contributed by atoms with van der Waals surface area (Å²) in [5, 5.41) is -0.169. The first-order valence-electron chi connectivity index (χ1n) is 5.80. The molecule has 0 aliphatic rings. The van der Waals surface area contributed by atoms with Crippen LogP contribution in [0.2, 0.25) is 5.02 Å². The van der Waals surface area contributed by atoms with E-state index < -0.39 is 15.8 Å². The predicted octanol–water partition coefficient (Wildman–Crippen LogP) is 3.50. The quantitative estimate of drug-likeness (QED) is 0.835. The third-order valence-corrected chi connectivity index (χ3v) is 5.19. The Morgan fingerprint density at radius 3 is 2.57 bits per heavy atom. The molecule has 0 saturated carbocycles. The third kappa shape index (κ3) is 3.55. The summed E-state index contributed by atoms with van der Waals surface area (Å²) in [5.41, 5.74) is 6.01. The summed E-state index contributed by atoms with van der Waals surface area (Å²) in [4.78, 5) is -0.236. The van der Waals surface area contributed by atoms with E-state index >= 15 is 0 Å². The molecule has 0 spiro atoms. The molecule has 0 fully saturated rings. The molecule has 0 radical (unpaired) electrons. The summed E-state index contributed by atoms with van der Waals surface area (Å²) < 4.78 is 41.2. The van der Waals surface area contributed by atoms with Gasteiger partial charge in [-0.2, -0.15) is 0 Å². The number of nitrogens with two attached hydrogens (primary N) is 1. The highest BCUT2D eigenvalue weighted by atomic mass is 79.9. The van der Waals surface area contributed by atoms with E-state index in [-0.39, 0.29) is 22.0 Å². The lowest BCUT2D eigenvalue weighted by Crippen LogP contribution is -2.14. The van der Waals surface area contributed by atoms with Crippen LogP contribution in [0.15, 0.2) is 45.8 Å². The highest BCUT2D eigenvalue weighted by Gasteiger charge is 2.19. The third-order valence-electron chi connectivity index (χ3n) is 2.73. The lowest BCUT2D eigenvalue weighted by molar-refractivity contribution is 0.594. The molecule has 0 unspecified atom stereocenters. The van der Waals surface area contributed by atoms with Crippen LogP contribution < -0.4 is 10.5 Å². The molecule has 0 atom stereocenters. The molecular formula is C13H11BrClFN2O2S. The molecule has 0 aromatic heterocycles. The van der Waals surface area contributed by atoms with Gasteiger partial charge >= 0.3 is 0 Å². The predicted molar refractivity (Wildman–Crippen MR) is 84.3 cm³/mol. The van der Waals surface area contributed by atoms with Gasteiger partial charge in [0.25, 0.3) is 10.0 Å². The van der Waals surface area contributed by atoms with Crippen molar-refractivity contribution in [3.8, 4) is 0 Å². The van der Waals surface area contributed by atoms with E-state index in [4.69, 9.17) is 17.3 Å². The number of benzene rings is 2. The first-order chi connectivity index (χ1) is 9.85. The second-order valence-corrected chi connectivity index (χ2v) is 7.08. The zero-order valence-electron chi connectivity index (χ0n) is 10.6. The number of nitrogens with one attached hydrogen (secondary N) is 1. The van der Waals surface area contributed by atoms with Crippen LogP contribution in [0.25, 0.3) is 0 Å². The maximum atomic E-state index is 13.7. The minimum Gasteiger partial charge on any atom is -0.326 e. The fraction of sp³-hybridized carbons (Fsp3) is 0.0769. The van der Waals surface area contributed by atoms with Gasteiger partial charge in [0.2, 0.25) is 0 Å². The Hall–Kier alpha value is -1.15. The van der Waals surface area contributed by atoms with Crippen molar-refractivity contribution >= 4 is 43.2 Å². The molecule has 2 rings (SSSR count). The zero-order chi connectivity index (χ0) is 15.6. The first-order valence-corrected chi connectivity index (χ1v) is 8.46. The molecule has 4 nitrogen and oxygen atoms in total. The van der Waals surface area contributed by atoms with Crippen LogP contribution in [0.3, 0.4) is 0 Å². The van der Waals surface area contributed by atoms with Crippen LogP contribution in [-0.2, 0) is 16.6 Å². The molecule has 0 aliphatic heterocycles. The van der Waals surface area contributed by atoms with Gasteiger partial charge in [-0.1, -0.05) is 23.7 Å². The van der Waals surface area contributed by atoms with E-state index in [1.807, 2.05) is 0 Å². The molecule has 0 amide bonds. The summed E-state index contributed by atoms with van der Waals surface area (Å²) in [5.74, 6) is -0.827. The van der Waals surface area contributed by atoms with E-state index in [0.29, 0.717) is 10.2 Å². The summed E-state index contributed by atoms with van der Waals surface area (Å²) in [6.45, 7) is -0.0614. The number of rotatable bonds is 4. The molecule has 2 aromatic rings. The molecule has 0 aliphatic carbocycles. The van der Waals surface area contributed by atoms with Gasteiger partial charge in [0, 0.05) is 11.0 Å². The first kappa shape index (κ1) is 16.2. The van der Waals surface area contributed by atoms with Crippen LogP contribution in [0.5, 0.6) is 0 Å². The number of anilines is 1. The van der Waals surface area contributed by atoms with Gasteiger partial charge in [0.05, 0.1) is 15.6 Å². The smallest absolute Gasteiger partial charge is 0.262 e. The maximum Gasteiger partial charge on any atom is 0.262 e. The fourth-order valence-electron chi connectivity index (χ4n) is 1.67. The number of halogens is 3. The number of sulfonamides is 1. The van der Waals surface area contributed by atoms with Crippen molar-refractivity contribution in [1.29, 1.82) is 0 Å². The number of hydrogen-bond donors (Lipinski definition) is 2. The Balaban J connectivity index is 2.45. The minimum atomic E-state index is -3.94. The molecule has 2 aromatic carbocycles. The summed E-state index contributed by atoms with van der Waals surface area (Å²) in [6.07, 6.45) is 0. The molecule has 8 heteroatoms. The molecular weight excluding hydrogens is 383 g/mol. The Bertz CT molecular complexity index is 784. The lowest BCUT2D eigenvalue weighted by Gasteiger charge is -2.11. The largest absolute Gasteiger partial charge is 0.326 e. The van der Waals surface area contributed by atoms with E-state index in [2.05, 4.69) is 20.7 Å². The minimum absolute atomic E-state index is 0.0614. The Labute approximate surface area is 135 Å². The Morgan fingerprint density at radius 2 is 1.95 bits per heavy atom. The summed E-state index contributed by atoms with van der Waals surface area (Å²) in [6, 6.07) is 8.81. The molecule has 0 bridgehead atoms. The zero-order valence-corrected chi connectivity index (χ0v) is 13.8. The van der Waals surface area contributed by atoms with Crippen molar-refractivity contribution in [2.24, 2.45) is 5.73 Å². The maximum absolute atomic E-state index is 13.7. The van der Waals surface area contributed by atoms with E-state index in [0.717, 1.165) is 6.07 Å². The number of para-hydroxylation sites is 1. The molecule has 3 N–H and O–H groups in total. The van der Waals surface area contributed by atoms with Gasteiger partial charge in [-0.05, 0) is 45.8 Å². The lowest BCUT2D eigenvalue weighted by atomic mass is 10.2. The average Bonchev–Trinajstić information content (AvgIpc) is 2.44. The van der Waals surface area contributed by atoms with Crippen LogP contribution in [-0.4, -0.2) is 8.42 Å². The van der Waals surface area contributed by atoms with Gasteiger partial charge in [-0.3, -0.25) is 4.72 Å². The van der Waals surface area contributed by atoms with Crippen LogP contribution in [0, 0.1) is 5.82 Å². The average molecular weight is 394 g/mol. The molecule has 21 heavy (non-hydrogen) atoms. The van der Waals surface area contributed by atoms with Crippen LogP contribution in [0.1, 0.15) is 5.56 Å². The van der Waals surface area contributed by atoms with Crippen molar-refractivity contribution in [2.75, 3.05) is 4.72 Å². The van der Waals surface area contributed by atoms with Crippen molar-refractivity contribution in [3.63, 3.8) is 0 Å². The Morgan fingerprint density at radius 1 is 1.29 bits per heavy atom. The van der Waals surface area contributed by atoms with Crippen molar-refractivity contribution in [1.82, 2.24) is 0 Å². The monoisotopic (exact) mass is 392 g/mol. The standard InChI is InChI=1S/C13H11BrClFN2O2S/c14-10-3-1-2-4-12(10)18-21(19,20)9-5-8(7-17)13(15)11(16)6-9/h1-6,18H,7,17H2. The van der Waals surface area contributed by atoms with Gasteiger partial charge < -0.3 is 5.73 Å². The second-order valence-electron chi connectivity index (χ2n) is 4.17. The SMILES string of the molecule is NCc1cc(S(=O)(=O)Nc2ccccc2Br)cc(F)c1Cl. The van der Waals surface area contributed by atoms with E-state index in [1.54, 1.807) is 24.3 Å². The van der Waals surface area contributed by atoms with E-state index in [9.17, 15) is 12.8 Å². The van der Waals surface area contributed by atoms with Crippen molar-refractivity contribution < 1.29 is 12.8 Å². The summed E-state index contributed by atoms with van der Waals surface area (Å²) in [7, 11) is -3.94. The fourth-order valence-corrected chi connectivity index (χ4v) is 3.51. The summed E-state index contributed by atoms with van der Waals surface area (Å²) >= 11 is 8.96. The molecule has 0 saturated heterocycles. The van der Waals surface area contributed by atoms with Gasteiger partial charge in [0.15, 0.2) is 0 Å². The number of hydrogen-bond acceptors (Lipinski definition) is 3. The molecule has 112 valence electrons. The van der Waals surface area contributed by atoms with Crippen LogP contribution >= 0.6 is 27.5 Å². The van der Waals surface area contributed by atoms with Gasteiger partial charge in [-0.25, -0.2) is 12.8 Å². The Kier molecular flexibility index (Phi) is 4.88. The topological polar surface area (TPSA) is 72.2 Å². The molecule has 0 heterocycles. The van der Waals surface area contributed by atoms with Gasteiger partial charge in [-0.15, -0.1) is 0 Å². The second kappa shape index (κ2) is 6.31. The van der Waals surface area contributed by atoms with Crippen molar-refractivity contribution in [2.45, 2.75) is 11.4 Å². The van der Waals surface area contributed by atoms with Crippen LogP contribution in [0.4, 0.5) is 10.1 Å². The highest BCUT2D eigenvalue weighted by molar-refractivity contribution is 9.10.